The number of hydrogen-bond acceptors (Lipinski definition) is 1. The molecule has 1 aromatic carbocycles. The zero-order valence-corrected chi connectivity index (χ0v) is 12.6. The molecule has 0 heterocycles. The molecule has 1 aromatic rings. The Morgan fingerprint density at radius 3 is 2.39 bits per heavy atom. The van der Waals surface area contributed by atoms with Crippen LogP contribution in [0.5, 0.6) is 0 Å². The minimum Gasteiger partial charge on any atom is -0.0899 e. The van der Waals surface area contributed by atoms with Crippen molar-refractivity contribution in [3.63, 3.8) is 0 Å². The van der Waals surface area contributed by atoms with Crippen LogP contribution in [-0.2, 0) is 5.41 Å². The van der Waals surface area contributed by atoms with Gasteiger partial charge < -0.3 is 0 Å². The van der Waals surface area contributed by atoms with Crippen LogP contribution in [0.2, 0.25) is 0 Å². The fourth-order valence-electron chi connectivity index (χ4n) is 1.62. The van der Waals surface area contributed by atoms with Crippen LogP contribution in [0.1, 0.15) is 31.9 Å². The monoisotopic (exact) mass is 307 g/mol. The van der Waals surface area contributed by atoms with Gasteiger partial charge in [-0.1, -0.05) is 72.2 Å². The van der Waals surface area contributed by atoms with Gasteiger partial charge in [0.15, 0.2) is 0 Å². The number of halogens is 1. The zero-order chi connectivity index (χ0) is 13.6. The fourth-order valence-corrected chi connectivity index (χ4v) is 2.17. The van der Waals surface area contributed by atoms with Crippen molar-refractivity contribution in [3.05, 3.63) is 51.9 Å². The number of hydrogen-bond donors (Lipinski definition) is 0. The predicted molar refractivity (Wildman–Crippen MR) is 80.9 cm³/mol. The molecule has 0 N–H and O–H groups in total. The zero-order valence-electron chi connectivity index (χ0n) is 11.0. The maximum Gasteiger partial charge on any atom is 0.0446 e. The first-order valence-electron chi connectivity index (χ1n) is 5.86. The average Bonchev–Trinajstić information content (AvgIpc) is 2.34. The van der Waals surface area contributed by atoms with Crippen molar-refractivity contribution < 1.29 is 0 Å². The molecule has 0 radical (unpaired) electrons. The molecule has 0 atom stereocenters. The van der Waals surface area contributed by atoms with Gasteiger partial charge in [0.25, 0.3) is 0 Å². The van der Waals surface area contributed by atoms with Crippen LogP contribution in [0.3, 0.4) is 0 Å². The average molecular weight is 308 g/mol. The molecule has 0 spiro atoms. The maximum atomic E-state index is 8.27. The standard InChI is InChI=1S/C14H18BrN3/c1-14(2,3)13-6-4-11(5-7-13)12(10-15)8-9-17-18-16/h4-8H,9-10H2,1-3H3/b12-8+. The first kappa shape index (κ1) is 14.8. The van der Waals surface area contributed by atoms with Gasteiger partial charge >= 0.3 is 0 Å². The number of azide groups is 1. The molecule has 0 saturated heterocycles. The lowest BCUT2D eigenvalue weighted by molar-refractivity contribution is 0.590. The molecule has 0 amide bonds. The lowest BCUT2D eigenvalue weighted by Crippen LogP contribution is -2.10. The van der Waals surface area contributed by atoms with Gasteiger partial charge in [0.2, 0.25) is 0 Å². The summed E-state index contributed by atoms with van der Waals surface area (Å²) in [5, 5.41) is 4.28. The van der Waals surface area contributed by atoms with Gasteiger partial charge in [0, 0.05) is 16.8 Å². The van der Waals surface area contributed by atoms with Crippen LogP contribution in [0, 0.1) is 0 Å². The minimum atomic E-state index is 0.169. The molecule has 0 aliphatic rings. The van der Waals surface area contributed by atoms with Crippen LogP contribution in [0.25, 0.3) is 16.0 Å². The van der Waals surface area contributed by atoms with Crippen LogP contribution >= 0.6 is 15.9 Å². The van der Waals surface area contributed by atoms with E-state index in [1.807, 2.05) is 6.08 Å². The van der Waals surface area contributed by atoms with Crippen molar-refractivity contribution in [1.82, 2.24) is 0 Å². The molecule has 18 heavy (non-hydrogen) atoms. The SMILES string of the molecule is CC(C)(C)c1ccc(/C(=C/CN=[N+]=[N-])CBr)cc1. The van der Waals surface area contributed by atoms with E-state index in [0.717, 1.165) is 16.5 Å². The number of benzene rings is 1. The molecule has 0 aromatic heterocycles. The second-order valence-corrected chi connectivity index (χ2v) is 5.66. The van der Waals surface area contributed by atoms with E-state index in [1.54, 1.807) is 0 Å². The Morgan fingerprint density at radius 2 is 1.94 bits per heavy atom. The van der Waals surface area contributed by atoms with Gasteiger partial charge in [-0.25, -0.2) is 0 Å². The molecule has 0 aliphatic carbocycles. The van der Waals surface area contributed by atoms with Crippen LogP contribution in [-0.4, -0.2) is 11.9 Å². The second kappa shape index (κ2) is 6.62. The van der Waals surface area contributed by atoms with E-state index in [-0.39, 0.29) is 5.41 Å². The van der Waals surface area contributed by atoms with Crippen molar-refractivity contribution in [2.45, 2.75) is 26.2 Å². The summed E-state index contributed by atoms with van der Waals surface area (Å²) in [5.74, 6) is 0. The highest BCUT2D eigenvalue weighted by Crippen LogP contribution is 2.24. The van der Waals surface area contributed by atoms with Crippen LogP contribution in [0.4, 0.5) is 0 Å². The van der Waals surface area contributed by atoms with Crippen molar-refractivity contribution in [2.75, 3.05) is 11.9 Å². The quantitative estimate of drug-likeness (QED) is 0.322. The molecule has 96 valence electrons. The Labute approximate surface area is 117 Å². The molecule has 0 fully saturated rings. The number of allylic oxidation sites excluding steroid dienone is 1. The largest absolute Gasteiger partial charge is 0.0899 e. The number of nitrogens with zero attached hydrogens (tertiary/aromatic N) is 3. The Morgan fingerprint density at radius 1 is 1.33 bits per heavy atom. The molecule has 3 nitrogen and oxygen atoms in total. The van der Waals surface area contributed by atoms with Crippen molar-refractivity contribution in [3.8, 4) is 0 Å². The fraction of sp³-hybridized carbons (Fsp3) is 0.429. The normalized spacial score (nSPS) is 12.1. The van der Waals surface area contributed by atoms with Gasteiger partial charge in [-0.15, -0.1) is 0 Å². The second-order valence-electron chi connectivity index (χ2n) is 5.10. The third-order valence-corrected chi connectivity index (χ3v) is 3.35. The highest BCUT2D eigenvalue weighted by molar-refractivity contribution is 9.09. The van der Waals surface area contributed by atoms with E-state index in [9.17, 15) is 0 Å². The summed E-state index contributed by atoms with van der Waals surface area (Å²) in [6.07, 6.45) is 1.95. The summed E-state index contributed by atoms with van der Waals surface area (Å²) in [6, 6.07) is 8.53. The smallest absolute Gasteiger partial charge is 0.0446 e. The third-order valence-electron chi connectivity index (χ3n) is 2.75. The summed E-state index contributed by atoms with van der Waals surface area (Å²) in [6.45, 7) is 6.99. The lowest BCUT2D eigenvalue weighted by atomic mass is 9.86. The van der Waals surface area contributed by atoms with Crippen LogP contribution < -0.4 is 0 Å². The summed E-state index contributed by atoms with van der Waals surface area (Å²) in [4.78, 5) is 2.75. The summed E-state index contributed by atoms with van der Waals surface area (Å²) in [7, 11) is 0. The molecular formula is C14H18BrN3. The van der Waals surface area contributed by atoms with Gasteiger partial charge in [0.05, 0.1) is 0 Å². The topological polar surface area (TPSA) is 48.8 Å². The van der Waals surface area contributed by atoms with Gasteiger partial charge in [-0.2, -0.15) is 0 Å². The maximum absolute atomic E-state index is 8.27. The predicted octanol–water partition coefficient (Wildman–Crippen LogP) is 5.07. The van der Waals surface area contributed by atoms with Crippen molar-refractivity contribution in [2.24, 2.45) is 5.11 Å². The van der Waals surface area contributed by atoms with E-state index >= 15 is 0 Å². The van der Waals surface area contributed by atoms with Gasteiger partial charge in [0.1, 0.15) is 0 Å². The number of alkyl halides is 1. The highest BCUT2D eigenvalue weighted by Gasteiger charge is 2.13. The molecule has 0 aliphatic heterocycles. The summed E-state index contributed by atoms with van der Waals surface area (Å²) < 4.78 is 0. The highest BCUT2D eigenvalue weighted by atomic mass is 79.9. The van der Waals surface area contributed by atoms with Crippen molar-refractivity contribution >= 4 is 21.5 Å². The first-order valence-corrected chi connectivity index (χ1v) is 6.98. The van der Waals surface area contributed by atoms with E-state index in [1.165, 1.54) is 5.56 Å². The lowest BCUT2D eigenvalue weighted by Gasteiger charge is -2.19. The molecule has 4 heteroatoms. The van der Waals surface area contributed by atoms with Crippen LogP contribution in [0.15, 0.2) is 35.5 Å². The summed E-state index contributed by atoms with van der Waals surface area (Å²) in [5.41, 5.74) is 12.1. The summed E-state index contributed by atoms with van der Waals surface area (Å²) >= 11 is 3.46. The van der Waals surface area contributed by atoms with E-state index in [0.29, 0.717) is 6.54 Å². The Bertz CT molecular complexity index is 463. The molecule has 0 bridgehead atoms. The van der Waals surface area contributed by atoms with Crippen molar-refractivity contribution in [1.29, 1.82) is 0 Å². The number of rotatable bonds is 4. The molecular weight excluding hydrogens is 290 g/mol. The van der Waals surface area contributed by atoms with E-state index < -0.39 is 0 Å². The molecule has 0 saturated carbocycles. The van der Waals surface area contributed by atoms with E-state index in [2.05, 4.69) is 71.0 Å². The first-order chi connectivity index (χ1) is 8.49. The van der Waals surface area contributed by atoms with Gasteiger partial charge in [-0.3, -0.25) is 0 Å². The third kappa shape index (κ3) is 4.21. The molecule has 1 rings (SSSR count). The minimum absolute atomic E-state index is 0.169. The Kier molecular flexibility index (Phi) is 5.45. The van der Waals surface area contributed by atoms with E-state index in [4.69, 9.17) is 5.53 Å². The van der Waals surface area contributed by atoms with Gasteiger partial charge in [-0.05, 0) is 27.6 Å². The Hall–Kier alpha value is -1.25. The Balaban J connectivity index is 2.95. The molecule has 0 unspecified atom stereocenters.